The molecule has 1 amide bonds. The Labute approximate surface area is 156 Å². The molecule has 26 heavy (non-hydrogen) atoms. The highest BCUT2D eigenvalue weighted by Gasteiger charge is 2.28. The van der Waals surface area contributed by atoms with Crippen LogP contribution in [-0.2, 0) is 4.79 Å². The lowest BCUT2D eigenvalue weighted by Gasteiger charge is -2.27. The van der Waals surface area contributed by atoms with Gasteiger partial charge in [0.1, 0.15) is 5.65 Å². The van der Waals surface area contributed by atoms with Gasteiger partial charge in [0.15, 0.2) is 0 Å². The lowest BCUT2D eigenvalue weighted by atomic mass is 10.0. The van der Waals surface area contributed by atoms with E-state index in [0.29, 0.717) is 19.0 Å². The van der Waals surface area contributed by atoms with Gasteiger partial charge in [-0.1, -0.05) is 23.7 Å². The second-order valence-corrected chi connectivity index (χ2v) is 7.38. The van der Waals surface area contributed by atoms with Crippen LogP contribution >= 0.6 is 11.6 Å². The molecule has 1 saturated carbocycles. The van der Waals surface area contributed by atoms with E-state index in [1.54, 1.807) is 0 Å². The Morgan fingerprint density at radius 3 is 2.96 bits per heavy atom. The molecule has 5 rings (SSSR count). The van der Waals surface area contributed by atoms with E-state index in [9.17, 15) is 4.79 Å². The van der Waals surface area contributed by atoms with Crippen molar-refractivity contribution in [2.24, 2.45) is 0 Å². The van der Waals surface area contributed by atoms with Crippen LogP contribution in [0.2, 0.25) is 5.02 Å². The van der Waals surface area contributed by atoms with E-state index in [2.05, 4.69) is 15.3 Å². The standard InChI is InChI=1S/C20H19ClN4O/c21-19-16(10-24-20-18(19)15(9-23-20)12-4-5-12)13-2-1-3-14(8-13)25-7-6-22-11-17(25)26/h1-3,8-10,12,22H,4-7,11H2,(H,23,24). The topological polar surface area (TPSA) is 61.0 Å². The number of H-pyrrole nitrogens is 1. The monoisotopic (exact) mass is 366 g/mol. The molecule has 0 spiro atoms. The number of nitrogens with one attached hydrogen (secondary N) is 2. The van der Waals surface area contributed by atoms with Gasteiger partial charge in [0, 0.05) is 42.1 Å². The van der Waals surface area contributed by atoms with Crippen molar-refractivity contribution in [1.82, 2.24) is 15.3 Å². The summed E-state index contributed by atoms with van der Waals surface area (Å²) in [6.07, 6.45) is 6.29. The van der Waals surface area contributed by atoms with Crippen LogP contribution in [0.4, 0.5) is 5.69 Å². The van der Waals surface area contributed by atoms with Gasteiger partial charge in [-0.25, -0.2) is 4.98 Å². The number of carbonyl (C=O) groups is 1. The predicted octanol–water partition coefficient (Wildman–Crippen LogP) is 3.70. The van der Waals surface area contributed by atoms with Gasteiger partial charge in [-0.15, -0.1) is 0 Å². The van der Waals surface area contributed by atoms with E-state index < -0.39 is 0 Å². The summed E-state index contributed by atoms with van der Waals surface area (Å²) in [6.45, 7) is 1.86. The summed E-state index contributed by atoms with van der Waals surface area (Å²) < 4.78 is 0. The molecule has 1 aliphatic heterocycles. The summed E-state index contributed by atoms with van der Waals surface area (Å²) in [6, 6.07) is 7.99. The van der Waals surface area contributed by atoms with Crippen molar-refractivity contribution in [1.29, 1.82) is 0 Å². The summed E-state index contributed by atoms with van der Waals surface area (Å²) in [5.74, 6) is 0.692. The van der Waals surface area contributed by atoms with Gasteiger partial charge in [-0.05, 0) is 42.0 Å². The molecule has 0 unspecified atom stereocenters. The second-order valence-electron chi connectivity index (χ2n) is 7.00. The van der Waals surface area contributed by atoms with Crippen LogP contribution in [0.15, 0.2) is 36.7 Å². The summed E-state index contributed by atoms with van der Waals surface area (Å²) >= 11 is 6.81. The first-order valence-electron chi connectivity index (χ1n) is 8.99. The van der Waals surface area contributed by atoms with Gasteiger partial charge >= 0.3 is 0 Å². The molecule has 0 bridgehead atoms. The minimum absolute atomic E-state index is 0.0923. The average molecular weight is 367 g/mol. The lowest BCUT2D eigenvalue weighted by molar-refractivity contribution is -0.118. The summed E-state index contributed by atoms with van der Waals surface area (Å²) in [4.78, 5) is 21.8. The average Bonchev–Trinajstić information content (AvgIpc) is 3.41. The van der Waals surface area contributed by atoms with Crippen molar-refractivity contribution < 1.29 is 4.79 Å². The number of hydrogen-bond donors (Lipinski definition) is 2. The highest BCUT2D eigenvalue weighted by molar-refractivity contribution is 6.38. The maximum absolute atomic E-state index is 12.2. The number of fused-ring (bicyclic) bond motifs is 1. The van der Waals surface area contributed by atoms with Gasteiger partial charge in [0.25, 0.3) is 0 Å². The Balaban J connectivity index is 1.59. The summed E-state index contributed by atoms with van der Waals surface area (Å²) in [7, 11) is 0. The van der Waals surface area contributed by atoms with Crippen LogP contribution in [0.1, 0.15) is 24.3 Å². The van der Waals surface area contributed by atoms with Crippen molar-refractivity contribution in [2.75, 3.05) is 24.5 Å². The van der Waals surface area contributed by atoms with Crippen LogP contribution in [0, 0.1) is 0 Å². The Morgan fingerprint density at radius 1 is 1.27 bits per heavy atom. The fourth-order valence-corrected chi connectivity index (χ4v) is 4.07. The van der Waals surface area contributed by atoms with Crippen molar-refractivity contribution >= 4 is 34.2 Å². The molecule has 1 saturated heterocycles. The summed E-state index contributed by atoms with van der Waals surface area (Å²) in [5.41, 5.74) is 4.91. The van der Waals surface area contributed by atoms with E-state index in [-0.39, 0.29) is 5.91 Å². The molecular formula is C20H19ClN4O. The van der Waals surface area contributed by atoms with E-state index in [4.69, 9.17) is 11.6 Å². The minimum Gasteiger partial charge on any atom is -0.346 e. The first-order chi connectivity index (χ1) is 12.7. The molecule has 0 radical (unpaired) electrons. The minimum atomic E-state index is 0.0923. The fraction of sp³-hybridized carbons (Fsp3) is 0.300. The first-order valence-corrected chi connectivity index (χ1v) is 9.37. The Kier molecular flexibility index (Phi) is 3.72. The number of anilines is 1. The van der Waals surface area contributed by atoms with Crippen molar-refractivity contribution in [3.8, 4) is 11.1 Å². The highest BCUT2D eigenvalue weighted by Crippen LogP contribution is 2.46. The van der Waals surface area contributed by atoms with Gasteiger partial charge in [0.05, 0.1) is 11.6 Å². The zero-order valence-corrected chi connectivity index (χ0v) is 15.0. The molecule has 2 aliphatic rings. The van der Waals surface area contributed by atoms with Crippen molar-refractivity contribution in [2.45, 2.75) is 18.8 Å². The molecule has 1 aliphatic carbocycles. The maximum Gasteiger partial charge on any atom is 0.240 e. The number of benzene rings is 1. The zero-order valence-electron chi connectivity index (χ0n) is 14.3. The highest BCUT2D eigenvalue weighted by atomic mass is 35.5. The normalized spacial score (nSPS) is 17.9. The van der Waals surface area contributed by atoms with Crippen molar-refractivity contribution in [3.05, 3.63) is 47.2 Å². The van der Waals surface area contributed by atoms with Crippen molar-refractivity contribution in [3.63, 3.8) is 0 Å². The molecule has 0 atom stereocenters. The maximum atomic E-state index is 12.2. The van der Waals surface area contributed by atoms with Crippen LogP contribution in [-0.4, -0.2) is 35.5 Å². The quantitative estimate of drug-likeness (QED) is 0.743. The Bertz CT molecular complexity index is 1010. The van der Waals surface area contributed by atoms with Gasteiger partial charge in [0.2, 0.25) is 5.91 Å². The number of aromatic amines is 1. The number of carbonyl (C=O) groups excluding carboxylic acids is 1. The number of nitrogens with zero attached hydrogens (tertiary/aromatic N) is 2. The molecule has 5 nitrogen and oxygen atoms in total. The molecular weight excluding hydrogens is 348 g/mol. The molecule has 2 fully saturated rings. The Hall–Kier alpha value is -2.37. The lowest BCUT2D eigenvalue weighted by Crippen LogP contribution is -2.48. The second kappa shape index (κ2) is 6.11. The number of hydrogen-bond acceptors (Lipinski definition) is 3. The number of pyridine rings is 1. The predicted molar refractivity (Wildman–Crippen MR) is 104 cm³/mol. The van der Waals surface area contributed by atoms with Crippen LogP contribution in [0.25, 0.3) is 22.2 Å². The van der Waals surface area contributed by atoms with Gasteiger partial charge in [-0.2, -0.15) is 0 Å². The zero-order chi connectivity index (χ0) is 17.7. The smallest absolute Gasteiger partial charge is 0.240 e. The summed E-state index contributed by atoms with van der Waals surface area (Å²) in [5, 5.41) is 4.88. The van der Waals surface area contributed by atoms with Crippen LogP contribution < -0.4 is 10.2 Å². The fourth-order valence-electron chi connectivity index (χ4n) is 3.72. The van der Waals surface area contributed by atoms with E-state index in [1.807, 2.05) is 41.6 Å². The molecule has 3 aromatic rings. The van der Waals surface area contributed by atoms with E-state index in [0.717, 1.165) is 39.4 Å². The number of aromatic nitrogens is 2. The van der Waals surface area contributed by atoms with Crippen LogP contribution in [0.3, 0.4) is 0 Å². The molecule has 3 heterocycles. The first kappa shape index (κ1) is 15.9. The number of halogens is 1. The third-order valence-corrected chi connectivity index (χ3v) is 5.64. The molecule has 2 N–H and O–H groups in total. The van der Waals surface area contributed by atoms with E-state index in [1.165, 1.54) is 18.4 Å². The molecule has 6 heteroatoms. The van der Waals surface area contributed by atoms with E-state index >= 15 is 0 Å². The van der Waals surface area contributed by atoms with Crippen LogP contribution in [0.5, 0.6) is 0 Å². The number of amides is 1. The van der Waals surface area contributed by atoms with Gasteiger partial charge < -0.3 is 15.2 Å². The third-order valence-electron chi connectivity index (χ3n) is 5.24. The number of piperazine rings is 1. The molecule has 132 valence electrons. The largest absolute Gasteiger partial charge is 0.346 e. The Morgan fingerprint density at radius 2 is 2.15 bits per heavy atom. The number of rotatable bonds is 3. The van der Waals surface area contributed by atoms with Gasteiger partial charge in [-0.3, -0.25) is 4.79 Å². The molecule has 1 aromatic carbocycles. The molecule has 2 aromatic heterocycles. The third kappa shape index (κ3) is 2.59. The SMILES string of the molecule is O=C1CNCCN1c1cccc(-c2cnc3[nH]cc(C4CC4)c3c2Cl)c1.